The van der Waals surface area contributed by atoms with E-state index >= 15 is 0 Å². The first kappa shape index (κ1) is 11.4. The van der Waals surface area contributed by atoms with E-state index in [1.54, 1.807) is 30.3 Å². The van der Waals surface area contributed by atoms with Gasteiger partial charge in [-0.2, -0.15) is 0 Å². The third-order valence-corrected chi connectivity index (χ3v) is 4.32. The molecule has 4 aliphatic rings. The zero-order chi connectivity index (χ0) is 13.9. The van der Waals surface area contributed by atoms with E-state index in [1.165, 1.54) is 4.90 Å². The van der Waals surface area contributed by atoms with Crippen LogP contribution in [0.4, 0.5) is 5.69 Å². The Kier molecular flexibility index (Phi) is 2.16. The fraction of sp³-hybridized carbons (Fsp3) is 0.267. The molecule has 0 radical (unpaired) electrons. The summed E-state index contributed by atoms with van der Waals surface area (Å²) in [6.07, 6.45) is 3.58. The number of anilines is 1. The normalized spacial score (nSPS) is 34.4. The van der Waals surface area contributed by atoms with Crippen molar-refractivity contribution < 1.29 is 14.4 Å². The summed E-state index contributed by atoms with van der Waals surface area (Å²) in [4.78, 5) is 38.2. The summed E-state index contributed by atoms with van der Waals surface area (Å²) in [6, 6.07) is 8.51. The maximum absolute atomic E-state index is 12.6. The zero-order valence-electron chi connectivity index (χ0n) is 10.5. The molecular formula is C15H12N2O3. The van der Waals surface area contributed by atoms with Crippen LogP contribution in [0.2, 0.25) is 0 Å². The fourth-order valence-electron chi connectivity index (χ4n) is 3.43. The number of carbonyl (C=O) groups is 3. The van der Waals surface area contributed by atoms with Crippen molar-refractivity contribution in [1.29, 1.82) is 0 Å². The lowest BCUT2D eigenvalue weighted by Gasteiger charge is -2.38. The van der Waals surface area contributed by atoms with Crippen molar-refractivity contribution in [3.05, 3.63) is 42.5 Å². The van der Waals surface area contributed by atoms with Gasteiger partial charge in [-0.25, -0.2) is 4.90 Å². The van der Waals surface area contributed by atoms with Gasteiger partial charge in [-0.15, -0.1) is 0 Å². The van der Waals surface area contributed by atoms with Crippen LogP contribution in [0, 0.1) is 17.8 Å². The summed E-state index contributed by atoms with van der Waals surface area (Å²) < 4.78 is 0. The first-order valence-electron chi connectivity index (χ1n) is 6.60. The quantitative estimate of drug-likeness (QED) is 0.595. The molecule has 100 valence electrons. The maximum Gasteiger partial charge on any atom is 0.240 e. The van der Waals surface area contributed by atoms with Crippen molar-refractivity contribution in [3.8, 4) is 0 Å². The number of nitrogens with one attached hydrogen (secondary N) is 1. The molecule has 2 saturated heterocycles. The van der Waals surface area contributed by atoms with Crippen LogP contribution >= 0.6 is 0 Å². The highest BCUT2D eigenvalue weighted by molar-refractivity contribution is 6.24. The highest BCUT2D eigenvalue weighted by Crippen LogP contribution is 2.43. The van der Waals surface area contributed by atoms with Gasteiger partial charge in [-0.05, 0) is 12.1 Å². The third kappa shape index (κ3) is 1.29. The van der Waals surface area contributed by atoms with E-state index in [4.69, 9.17) is 0 Å². The van der Waals surface area contributed by atoms with Crippen LogP contribution in [0.3, 0.4) is 0 Å². The van der Waals surface area contributed by atoms with Crippen molar-refractivity contribution >= 4 is 23.4 Å². The molecule has 3 heterocycles. The third-order valence-electron chi connectivity index (χ3n) is 4.32. The summed E-state index contributed by atoms with van der Waals surface area (Å²) >= 11 is 0. The molecule has 0 spiro atoms. The van der Waals surface area contributed by atoms with E-state index < -0.39 is 17.8 Å². The maximum atomic E-state index is 12.6. The zero-order valence-corrected chi connectivity index (χ0v) is 10.5. The molecule has 1 aliphatic carbocycles. The fourth-order valence-corrected chi connectivity index (χ4v) is 3.43. The number of para-hydroxylation sites is 1. The van der Waals surface area contributed by atoms with E-state index in [2.05, 4.69) is 5.32 Å². The van der Waals surface area contributed by atoms with E-state index in [-0.39, 0.29) is 23.8 Å². The van der Waals surface area contributed by atoms with Gasteiger partial charge in [0.15, 0.2) is 0 Å². The molecule has 5 nitrogen and oxygen atoms in total. The molecule has 0 unspecified atom stereocenters. The second kappa shape index (κ2) is 3.79. The monoisotopic (exact) mass is 268 g/mol. The highest BCUT2D eigenvalue weighted by Gasteiger charge is 2.59. The number of amides is 3. The van der Waals surface area contributed by atoms with Gasteiger partial charge in [0.1, 0.15) is 0 Å². The van der Waals surface area contributed by atoms with E-state index in [1.807, 2.05) is 12.1 Å². The molecule has 0 saturated carbocycles. The van der Waals surface area contributed by atoms with Crippen LogP contribution in [-0.2, 0) is 14.4 Å². The van der Waals surface area contributed by atoms with Gasteiger partial charge in [0.2, 0.25) is 17.7 Å². The minimum atomic E-state index is -0.550. The Morgan fingerprint density at radius 3 is 2.30 bits per heavy atom. The van der Waals surface area contributed by atoms with Crippen LogP contribution < -0.4 is 10.2 Å². The van der Waals surface area contributed by atoms with Crippen LogP contribution in [0.1, 0.15) is 0 Å². The Labute approximate surface area is 115 Å². The van der Waals surface area contributed by atoms with Crippen molar-refractivity contribution in [2.24, 2.45) is 17.8 Å². The van der Waals surface area contributed by atoms with E-state index in [0.717, 1.165) is 0 Å². The second-order valence-corrected chi connectivity index (χ2v) is 5.34. The van der Waals surface area contributed by atoms with Crippen molar-refractivity contribution in [3.63, 3.8) is 0 Å². The molecule has 2 fully saturated rings. The number of carbonyl (C=O) groups excluding carboxylic acids is 3. The van der Waals surface area contributed by atoms with Crippen molar-refractivity contribution in [2.75, 3.05) is 4.90 Å². The Balaban J connectivity index is 1.79. The number of hydrogen-bond acceptors (Lipinski definition) is 3. The smallest absolute Gasteiger partial charge is 0.240 e. The Bertz CT molecular complexity index is 652. The summed E-state index contributed by atoms with van der Waals surface area (Å²) in [7, 11) is 0. The molecule has 20 heavy (non-hydrogen) atoms. The minimum Gasteiger partial charge on any atom is -0.349 e. The Morgan fingerprint density at radius 2 is 1.60 bits per heavy atom. The largest absolute Gasteiger partial charge is 0.349 e. The molecule has 1 aromatic carbocycles. The Morgan fingerprint density at radius 1 is 0.900 bits per heavy atom. The molecule has 0 aromatic heterocycles. The van der Waals surface area contributed by atoms with Gasteiger partial charge in [-0.3, -0.25) is 14.4 Å². The molecule has 2 bridgehead atoms. The van der Waals surface area contributed by atoms with E-state index in [0.29, 0.717) is 5.69 Å². The van der Waals surface area contributed by atoms with Crippen LogP contribution in [0.5, 0.6) is 0 Å². The number of imide groups is 1. The molecule has 1 aromatic rings. The highest BCUT2D eigenvalue weighted by atomic mass is 16.2. The van der Waals surface area contributed by atoms with Crippen LogP contribution in [-0.4, -0.2) is 23.8 Å². The predicted octanol–water partition coefficient (Wildman–Crippen LogP) is 0.477. The molecule has 1 N–H and O–H groups in total. The SMILES string of the molecule is O=C1N[C@H]2C=C[C@H]1[C@H]1C(=O)N(c3ccccc3)C(=O)[C@@H]12. The van der Waals surface area contributed by atoms with E-state index in [9.17, 15) is 14.4 Å². The molecule has 5 rings (SSSR count). The van der Waals surface area contributed by atoms with Crippen LogP contribution in [0.25, 0.3) is 0 Å². The van der Waals surface area contributed by atoms with Gasteiger partial charge in [0.05, 0.1) is 29.5 Å². The summed E-state index contributed by atoms with van der Waals surface area (Å²) in [5, 5.41) is 2.78. The summed E-state index contributed by atoms with van der Waals surface area (Å²) in [5.74, 6) is -2.17. The average molecular weight is 268 g/mol. The number of nitrogens with zero attached hydrogens (tertiary/aromatic N) is 1. The predicted molar refractivity (Wildman–Crippen MR) is 70.5 cm³/mol. The number of rotatable bonds is 1. The van der Waals surface area contributed by atoms with Crippen LogP contribution in [0.15, 0.2) is 42.5 Å². The number of fused-ring (bicyclic) bond motifs is 1. The van der Waals surface area contributed by atoms with Gasteiger partial charge >= 0.3 is 0 Å². The van der Waals surface area contributed by atoms with Gasteiger partial charge in [0, 0.05) is 0 Å². The van der Waals surface area contributed by atoms with Crippen molar-refractivity contribution in [2.45, 2.75) is 6.04 Å². The van der Waals surface area contributed by atoms with Gasteiger partial charge < -0.3 is 5.32 Å². The first-order chi connectivity index (χ1) is 9.68. The standard InChI is InChI=1S/C15H12N2O3/c18-13-9-6-7-10(16-13)12-11(9)14(19)17(15(12)20)8-4-2-1-3-5-8/h1-7,9-12H,(H,16,18)/t9-,10-,11+,12+/m0/s1. The van der Waals surface area contributed by atoms with Gasteiger partial charge in [-0.1, -0.05) is 30.4 Å². The lowest BCUT2D eigenvalue weighted by atomic mass is 9.71. The Hall–Kier alpha value is -2.43. The number of hydrogen-bond donors (Lipinski definition) is 1. The topological polar surface area (TPSA) is 66.5 Å². The molecule has 4 atom stereocenters. The number of piperidine rings is 1. The second-order valence-electron chi connectivity index (χ2n) is 5.34. The average Bonchev–Trinajstić information content (AvgIpc) is 2.74. The molecule has 3 aliphatic heterocycles. The molecular weight excluding hydrogens is 256 g/mol. The van der Waals surface area contributed by atoms with Crippen molar-refractivity contribution in [1.82, 2.24) is 5.32 Å². The van der Waals surface area contributed by atoms with Gasteiger partial charge in [0.25, 0.3) is 0 Å². The lowest BCUT2D eigenvalue weighted by Crippen LogP contribution is -2.57. The molecule has 3 amide bonds. The minimum absolute atomic E-state index is 0.158. The molecule has 5 heteroatoms. The number of benzene rings is 1. The summed E-state index contributed by atoms with van der Waals surface area (Å²) in [5.41, 5.74) is 0.573. The first-order valence-corrected chi connectivity index (χ1v) is 6.60. The lowest BCUT2D eigenvalue weighted by molar-refractivity contribution is -0.137. The summed E-state index contributed by atoms with van der Waals surface area (Å²) in [6.45, 7) is 0.